The molecule has 504 valence electrons. The van der Waals surface area contributed by atoms with Gasteiger partial charge >= 0.3 is 5.97 Å². The Hall–Kier alpha value is -5.43. The lowest BCUT2D eigenvalue weighted by Gasteiger charge is -2.32. The summed E-state index contributed by atoms with van der Waals surface area (Å²) >= 11 is 0. The van der Waals surface area contributed by atoms with Gasteiger partial charge in [-0.3, -0.25) is 4.79 Å². The number of phenols is 5. The number of phenolic OH excluding ortho intramolecular Hbond substituents is 5. The van der Waals surface area contributed by atoms with E-state index in [1.807, 2.05) is 12.1 Å². The van der Waals surface area contributed by atoms with Gasteiger partial charge in [0.1, 0.15) is 28.7 Å². The fourth-order valence-corrected chi connectivity index (χ4v) is 12.0. The number of methoxy groups -OCH3 is 1. The first-order valence-electron chi connectivity index (χ1n) is 33.6. The standard InChI is InChI=1S/C29H44O2.C21H34O.C18H28O3.C15H24O/c1-26(2,3)20-14-18(15-21(24(20)30)27(4,5)6)13-19-16-22(28(7,8)9)25(31)23(17-19)29(10,11)12;1-14-8-10-15(11-9-14)16-12-17(20(2,3)4)19(22)18(13-16)21(5,6)7;1-17(2,3)13-10-12(8-9-15(19)21-7)11-14(16(13)20)18(4,5)6;1-10-8-11(14(2,3)4)13(16)12(9-10)15(5,6)7/h14-17,30-31H,13H2,1-12H3;12-15,22H,8-11H2,1-7H3;10-11,20H,8-9H2,1-7H3;8-9,16H,1-7H3. The van der Waals surface area contributed by atoms with Crippen molar-refractivity contribution in [3.63, 3.8) is 0 Å². The summed E-state index contributed by atoms with van der Waals surface area (Å²) < 4.78 is 4.70. The van der Waals surface area contributed by atoms with Crippen LogP contribution in [0, 0.1) is 12.8 Å². The number of ether oxygens (including phenoxy) is 1. The highest BCUT2D eigenvalue weighted by Crippen LogP contribution is 2.47. The zero-order valence-electron chi connectivity index (χ0n) is 63.4. The first kappa shape index (κ1) is 78.8. The van der Waals surface area contributed by atoms with Gasteiger partial charge in [-0.2, -0.15) is 0 Å². The van der Waals surface area contributed by atoms with E-state index < -0.39 is 0 Å². The first-order valence-corrected chi connectivity index (χ1v) is 33.6. The molecule has 6 rings (SSSR count). The van der Waals surface area contributed by atoms with Crippen LogP contribution in [0.5, 0.6) is 28.7 Å². The second-order valence-electron chi connectivity index (χ2n) is 37.0. The number of hydrogen-bond acceptors (Lipinski definition) is 7. The van der Waals surface area contributed by atoms with E-state index in [2.05, 4.69) is 270 Å². The number of hydrogen-bond donors (Lipinski definition) is 5. The molecule has 0 amide bonds. The van der Waals surface area contributed by atoms with E-state index in [0.29, 0.717) is 47.5 Å². The van der Waals surface area contributed by atoms with Crippen molar-refractivity contribution in [1.82, 2.24) is 0 Å². The molecule has 7 heteroatoms. The SMILES string of the molecule is CC(C)(C)c1cc(Cc2cc(C(C)(C)C)c(O)c(C(C)(C)C)c2)cc(C(C)(C)C)c1O.CC1CCC(c2cc(C(C)(C)C)c(O)c(C(C)(C)C)c2)CC1.COC(=O)CCc1cc(C(C)(C)C)c(O)c(C(C)(C)C)c1.Cc1cc(C(C)(C)C)c(O)c(C(C)(C)C)c1. The second-order valence-corrected chi connectivity index (χ2v) is 37.0. The molecule has 0 saturated heterocycles. The van der Waals surface area contributed by atoms with Crippen LogP contribution in [0.4, 0.5) is 0 Å². The third kappa shape index (κ3) is 21.6. The molecule has 0 atom stereocenters. The maximum atomic E-state index is 11.3. The molecule has 0 unspecified atom stereocenters. The van der Waals surface area contributed by atoms with E-state index >= 15 is 0 Å². The number of benzene rings is 5. The third-order valence-corrected chi connectivity index (χ3v) is 17.7. The van der Waals surface area contributed by atoms with Gasteiger partial charge in [0.25, 0.3) is 0 Å². The van der Waals surface area contributed by atoms with Crippen molar-refractivity contribution in [3.05, 3.63) is 144 Å². The molecule has 5 N–H and O–H groups in total. The summed E-state index contributed by atoms with van der Waals surface area (Å²) in [4.78, 5) is 11.3. The Morgan fingerprint density at radius 2 is 0.567 bits per heavy atom. The minimum atomic E-state index is -0.210. The zero-order valence-corrected chi connectivity index (χ0v) is 63.4. The highest BCUT2D eigenvalue weighted by Gasteiger charge is 2.33. The summed E-state index contributed by atoms with van der Waals surface area (Å²) in [5, 5.41) is 53.9. The third-order valence-electron chi connectivity index (χ3n) is 17.7. The van der Waals surface area contributed by atoms with Gasteiger partial charge in [0, 0.05) is 6.42 Å². The molecule has 1 saturated carbocycles. The molecule has 1 fully saturated rings. The van der Waals surface area contributed by atoms with Crippen LogP contribution in [-0.4, -0.2) is 38.6 Å². The van der Waals surface area contributed by atoms with Crippen molar-refractivity contribution in [1.29, 1.82) is 0 Å². The molecule has 1 aliphatic rings. The summed E-state index contributed by atoms with van der Waals surface area (Å²) in [6, 6.07) is 21.4. The fourth-order valence-electron chi connectivity index (χ4n) is 12.0. The molecule has 0 heterocycles. The molecule has 0 radical (unpaired) electrons. The van der Waals surface area contributed by atoms with Gasteiger partial charge in [0.05, 0.1) is 7.11 Å². The Balaban J connectivity index is 0.000000322. The minimum absolute atomic E-state index is 0.0178. The van der Waals surface area contributed by atoms with Gasteiger partial charge in [0.2, 0.25) is 0 Å². The molecule has 0 bridgehead atoms. The quantitative estimate of drug-likeness (QED) is 0.107. The summed E-state index contributed by atoms with van der Waals surface area (Å²) in [6.45, 7) is 68.7. The van der Waals surface area contributed by atoms with E-state index in [-0.39, 0.29) is 60.1 Å². The van der Waals surface area contributed by atoms with Crippen LogP contribution in [0.25, 0.3) is 0 Å². The van der Waals surface area contributed by atoms with Crippen molar-refractivity contribution < 1.29 is 35.1 Å². The molecule has 0 aliphatic heterocycles. The Labute approximate surface area is 550 Å². The highest BCUT2D eigenvalue weighted by atomic mass is 16.5. The topological polar surface area (TPSA) is 127 Å². The van der Waals surface area contributed by atoms with Crippen molar-refractivity contribution in [2.75, 3.05) is 7.11 Å². The van der Waals surface area contributed by atoms with Gasteiger partial charge in [0.15, 0.2) is 0 Å². The predicted molar refractivity (Wildman–Crippen MR) is 386 cm³/mol. The number of carbonyl (C=O) groups is 1. The predicted octanol–water partition coefficient (Wildman–Crippen LogP) is 22.5. The van der Waals surface area contributed by atoms with E-state index in [0.717, 1.165) is 73.5 Å². The molecule has 0 spiro atoms. The van der Waals surface area contributed by atoms with Crippen LogP contribution in [-0.2, 0) is 76.5 Å². The average molecular weight is 1240 g/mol. The van der Waals surface area contributed by atoms with E-state index in [4.69, 9.17) is 4.74 Å². The number of aromatic hydroxyl groups is 5. The average Bonchev–Trinajstić information content (AvgIpc) is 0.811. The van der Waals surface area contributed by atoms with Crippen LogP contribution in [0.2, 0.25) is 0 Å². The van der Waals surface area contributed by atoms with Crippen molar-refractivity contribution >= 4 is 5.97 Å². The Morgan fingerprint density at radius 1 is 0.356 bits per heavy atom. The lowest BCUT2D eigenvalue weighted by atomic mass is 9.74. The van der Waals surface area contributed by atoms with Crippen LogP contribution >= 0.6 is 0 Å². The number of aryl methyl sites for hydroxylation is 2. The van der Waals surface area contributed by atoms with Gasteiger partial charge in [-0.15, -0.1) is 0 Å². The summed E-state index contributed by atoms with van der Waals surface area (Å²) in [5.41, 5.74) is 15.2. The molecule has 5 aromatic rings. The maximum Gasteiger partial charge on any atom is 0.305 e. The van der Waals surface area contributed by atoms with Gasteiger partial charge in [-0.05, 0) is 176 Å². The van der Waals surface area contributed by atoms with Gasteiger partial charge in [-0.25, -0.2) is 0 Å². The molecule has 0 aromatic heterocycles. The van der Waals surface area contributed by atoms with Gasteiger partial charge in [-0.1, -0.05) is 294 Å². The Bertz CT molecular complexity index is 2980. The lowest BCUT2D eigenvalue weighted by molar-refractivity contribution is -0.140. The largest absolute Gasteiger partial charge is 0.507 e. The maximum absolute atomic E-state index is 11.3. The minimum Gasteiger partial charge on any atom is -0.507 e. The summed E-state index contributed by atoms with van der Waals surface area (Å²) in [5.74, 6) is 3.50. The molecular weight excluding hydrogens is 1110 g/mol. The highest BCUT2D eigenvalue weighted by molar-refractivity contribution is 5.69. The van der Waals surface area contributed by atoms with Crippen molar-refractivity contribution in [2.24, 2.45) is 5.92 Å². The van der Waals surface area contributed by atoms with Crippen molar-refractivity contribution in [2.45, 2.75) is 327 Å². The van der Waals surface area contributed by atoms with Crippen LogP contribution < -0.4 is 0 Å². The zero-order chi connectivity index (χ0) is 70.0. The number of carbonyl (C=O) groups excluding carboxylic acids is 1. The van der Waals surface area contributed by atoms with E-state index in [1.165, 1.54) is 55.0 Å². The number of rotatable bonds is 6. The van der Waals surface area contributed by atoms with Crippen LogP contribution in [0.1, 0.15) is 336 Å². The molecule has 1 aliphatic carbocycles. The molecule has 7 nitrogen and oxygen atoms in total. The number of esters is 1. The lowest BCUT2D eigenvalue weighted by Crippen LogP contribution is -2.19. The van der Waals surface area contributed by atoms with Gasteiger partial charge < -0.3 is 30.3 Å². The van der Waals surface area contributed by atoms with Crippen LogP contribution in [0.15, 0.2) is 60.7 Å². The molecular formula is C83H130O7. The first-order chi connectivity index (χ1) is 40.2. The van der Waals surface area contributed by atoms with Crippen molar-refractivity contribution in [3.8, 4) is 28.7 Å². The second kappa shape index (κ2) is 28.4. The molecule has 90 heavy (non-hydrogen) atoms. The molecule has 5 aromatic carbocycles. The summed E-state index contributed by atoms with van der Waals surface area (Å²) in [6.07, 6.45) is 6.99. The Kier molecular flexibility index (Phi) is 24.9. The smallest absolute Gasteiger partial charge is 0.305 e. The Morgan fingerprint density at radius 3 is 0.789 bits per heavy atom. The fraction of sp³-hybridized carbons (Fsp3) is 0.627. The van der Waals surface area contributed by atoms with E-state index in [1.54, 1.807) is 0 Å². The summed E-state index contributed by atoms with van der Waals surface area (Å²) in [7, 11) is 1.40. The van der Waals surface area contributed by atoms with E-state index in [9.17, 15) is 30.3 Å². The van der Waals surface area contributed by atoms with Crippen LogP contribution in [0.3, 0.4) is 0 Å². The monoisotopic (exact) mass is 1240 g/mol. The normalized spacial score (nSPS) is 15.6.